The lowest BCUT2D eigenvalue weighted by atomic mass is 10.1. The normalized spacial score (nSPS) is 12.6. The molecule has 0 saturated carbocycles. The van der Waals surface area contributed by atoms with Crippen LogP contribution in [-0.2, 0) is 13.0 Å². The van der Waals surface area contributed by atoms with Crippen molar-refractivity contribution in [2.45, 2.75) is 39.3 Å². The number of aromatic nitrogens is 4. The highest BCUT2D eigenvalue weighted by atomic mass is 19.1. The van der Waals surface area contributed by atoms with E-state index in [4.69, 9.17) is 0 Å². The van der Waals surface area contributed by atoms with E-state index >= 15 is 0 Å². The van der Waals surface area contributed by atoms with Crippen LogP contribution in [0.5, 0.6) is 0 Å². The van der Waals surface area contributed by atoms with Gasteiger partial charge in [0.25, 0.3) is 0 Å². The van der Waals surface area contributed by atoms with Crippen LogP contribution in [0, 0.1) is 5.82 Å². The van der Waals surface area contributed by atoms with E-state index < -0.39 is 0 Å². The van der Waals surface area contributed by atoms with Crippen LogP contribution < -0.4 is 5.32 Å². The molecule has 1 unspecified atom stereocenters. The summed E-state index contributed by atoms with van der Waals surface area (Å²) in [6.07, 6.45) is 6.14. The minimum atomic E-state index is -0.319. The molecule has 0 aliphatic heterocycles. The fraction of sp³-hybridized carbons (Fsp3) is 0.500. The molecule has 0 fully saturated rings. The Morgan fingerprint density at radius 2 is 2.20 bits per heavy atom. The zero-order valence-electron chi connectivity index (χ0n) is 11.9. The first-order valence-electron chi connectivity index (χ1n) is 6.95. The summed E-state index contributed by atoms with van der Waals surface area (Å²) in [6, 6.07) is 1.50. The smallest absolute Gasteiger partial charge is 0.141 e. The summed E-state index contributed by atoms with van der Waals surface area (Å²) in [4.78, 5) is 8.22. The second kappa shape index (κ2) is 7.09. The molecule has 0 radical (unpaired) electrons. The predicted octanol–water partition coefficient (Wildman–Crippen LogP) is 2.12. The van der Waals surface area contributed by atoms with Crippen molar-refractivity contribution in [3.05, 3.63) is 42.0 Å². The maximum atomic E-state index is 13.3. The van der Waals surface area contributed by atoms with Gasteiger partial charge >= 0.3 is 0 Å². The van der Waals surface area contributed by atoms with Gasteiger partial charge in [0.2, 0.25) is 0 Å². The van der Waals surface area contributed by atoms with Gasteiger partial charge < -0.3 is 5.32 Å². The number of likely N-dealkylation sites (N-methyl/N-ethyl adjacent to an activating group) is 1. The molecular weight excluding hydrogens is 257 g/mol. The zero-order chi connectivity index (χ0) is 14.4. The van der Waals surface area contributed by atoms with E-state index in [1.54, 1.807) is 12.5 Å². The third-order valence-corrected chi connectivity index (χ3v) is 3.10. The van der Waals surface area contributed by atoms with E-state index in [-0.39, 0.29) is 11.9 Å². The van der Waals surface area contributed by atoms with Gasteiger partial charge in [-0.2, -0.15) is 5.10 Å². The van der Waals surface area contributed by atoms with Gasteiger partial charge in [-0.05, 0) is 24.6 Å². The third-order valence-electron chi connectivity index (χ3n) is 3.10. The number of hydrogen-bond acceptors (Lipinski definition) is 4. The Morgan fingerprint density at radius 3 is 2.90 bits per heavy atom. The minimum absolute atomic E-state index is 0.0111. The molecule has 6 heteroatoms. The molecule has 1 atom stereocenters. The van der Waals surface area contributed by atoms with Gasteiger partial charge in [0.15, 0.2) is 0 Å². The van der Waals surface area contributed by atoms with Crippen LogP contribution in [-0.4, -0.2) is 26.3 Å². The summed E-state index contributed by atoms with van der Waals surface area (Å²) in [7, 11) is 0. The fourth-order valence-corrected chi connectivity index (χ4v) is 2.20. The molecule has 2 aromatic heterocycles. The van der Waals surface area contributed by atoms with E-state index in [1.807, 2.05) is 11.6 Å². The van der Waals surface area contributed by atoms with Crippen LogP contribution in [0.2, 0.25) is 0 Å². The third kappa shape index (κ3) is 3.60. The van der Waals surface area contributed by atoms with Gasteiger partial charge in [-0.3, -0.25) is 9.67 Å². The first-order chi connectivity index (χ1) is 9.74. The number of rotatable bonds is 7. The Labute approximate surface area is 118 Å². The molecule has 2 rings (SSSR count). The van der Waals surface area contributed by atoms with Crippen LogP contribution in [0.1, 0.15) is 37.7 Å². The molecule has 0 aliphatic rings. The SMILES string of the molecule is CCCn1ncnc1CC(NCC)c1cncc(F)c1. The quantitative estimate of drug-likeness (QED) is 0.842. The maximum Gasteiger partial charge on any atom is 0.141 e. The summed E-state index contributed by atoms with van der Waals surface area (Å²) >= 11 is 0. The number of pyridine rings is 1. The van der Waals surface area contributed by atoms with Crippen molar-refractivity contribution in [2.75, 3.05) is 6.54 Å². The van der Waals surface area contributed by atoms with E-state index in [2.05, 4.69) is 27.3 Å². The summed E-state index contributed by atoms with van der Waals surface area (Å²) in [6.45, 7) is 5.76. The Kier molecular flexibility index (Phi) is 5.17. The van der Waals surface area contributed by atoms with Crippen molar-refractivity contribution in [3.63, 3.8) is 0 Å². The van der Waals surface area contributed by atoms with E-state index in [0.717, 1.165) is 30.9 Å². The van der Waals surface area contributed by atoms with Crippen LogP contribution in [0.25, 0.3) is 0 Å². The lowest BCUT2D eigenvalue weighted by Crippen LogP contribution is -2.25. The summed E-state index contributed by atoms with van der Waals surface area (Å²) < 4.78 is 15.2. The highest BCUT2D eigenvalue weighted by molar-refractivity contribution is 5.16. The van der Waals surface area contributed by atoms with Gasteiger partial charge in [0.1, 0.15) is 18.0 Å². The molecule has 0 bridgehead atoms. The van der Waals surface area contributed by atoms with Crippen molar-refractivity contribution in [1.29, 1.82) is 0 Å². The number of nitrogens with one attached hydrogen (secondary N) is 1. The Balaban J connectivity index is 2.18. The molecule has 0 spiro atoms. The van der Waals surface area contributed by atoms with Crippen molar-refractivity contribution < 1.29 is 4.39 Å². The molecule has 2 aromatic rings. The van der Waals surface area contributed by atoms with Gasteiger partial charge in [0.05, 0.1) is 6.20 Å². The Bertz CT molecular complexity index is 540. The molecule has 108 valence electrons. The number of halogens is 1. The number of aryl methyl sites for hydroxylation is 1. The molecule has 0 aliphatic carbocycles. The molecular formula is C14H20FN5. The first-order valence-corrected chi connectivity index (χ1v) is 6.95. The van der Waals surface area contributed by atoms with Crippen LogP contribution in [0.15, 0.2) is 24.8 Å². The fourth-order valence-electron chi connectivity index (χ4n) is 2.20. The zero-order valence-corrected chi connectivity index (χ0v) is 11.9. The molecule has 5 nitrogen and oxygen atoms in total. The monoisotopic (exact) mass is 277 g/mol. The Hall–Kier alpha value is -1.82. The summed E-state index contributed by atoms with van der Waals surface area (Å²) in [5.41, 5.74) is 0.831. The van der Waals surface area contributed by atoms with Crippen LogP contribution in [0.4, 0.5) is 4.39 Å². The van der Waals surface area contributed by atoms with Crippen LogP contribution in [0.3, 0.4) is 0 Å². The van der Waals surface area contributed by atoms with Crippen molar-refractivity contribution >= 4 is 0 Å². The number of hydrogen-bond donors (Lipinski definition) is 1. The Morgan fingerprint density at radius 1 is 1.35 bits per heavy atom. The summed E-state index contributed by atoms with van der Waals surface area (Å²) in [5.74, 6) is 0.586. The second-order valence-electron chi connectivity index (χ2n) is 4.65. The van der Waals surface area contributed by atoms with E-state index in [0.29, 0.717) is 6.42 Å². The standard InChI is InChI=1S/C14H20FN5/c1-3-5-20-14(18-10-19-20)7-13(17-4-2)11-6-12(15)9-16-8-11/h6,8-10,13,17H,3-5,7H2,1-2H3. The van der Waals surface area contributed by atoms with E-state index in [1.165, 1.54) is 12.3 Å². The van der Waals surface area contributed by atoms with Crippen molar-refractivity contribution in [2.24, 2.45) is 0 Å². The molecule has 0 saturated heterocycles. The average molecular weight is 277 g/mol. The van der Waals surface area contributed by atoms with Gasteiger partial charge in [-0.1, -0.05) is 13.8 Å². The molecule has 0 amide bonds. The molecule has 1 N–H and O–H groups in total. The minimum Gasteiger partial charge on any atom is -0.310 e. The van der Waals surface area contributed by atoms with Crippen molar-refractivity contribution in [3.8, 4) is 0 Å². The lowest BCUT2D eigenvalue weighted by Gasteiger charge is -2.18. The first kappa shape index (κ1) is 14.6. The molecule has 20 heavy (non-hydrogen) atoms. The second-order valence-corrected chi connectivity index (χ2v) is 4.65. The van der Waals surface area contributed by atoms with E-state index in [9.17, 15) is 4.39 Å². The highest BCUT2D eigenvalue weighted by Gasteiger charge is 2.16. The summed E-state index contributed by atoms with van der Waals surface area (Å²) in [5, 5.41) is 7.56. The topological polar surface area (TPSA) is 55.6 Å². The van der Waals surface area contributed by atoms with Gasteiger partial charge in [-0.25, -0.2) is 9.37 Å². The van der Waals surface area contributed by atoms with Crippen molar-refractivity contribution in [1.82, 2.24) is 25.1 Å². The largest absolute Gasteiger partial charge is 0.310 e. The maximum absolute atomic E-state index is 13.3. The predicted molar refractivity (Wildman–Crippen MR) is 74.6 cm³/mol. The van der Waals surface area contributed by atoms with Crippen LogP contribution >= 0.6 is 0 Å². The van der Waals surface area contributed by atoms with Gasteiger partial charge in [-0.15, -0.1) is 0 Å². The molecule has 0 aromatic carbocycles. The molecule has 2 heterocycles. The number of nitrogens with zero attached hydrogens (tertiary/aromatic N) is 4. The van der Waals surface area contributed by atoms with Gasteiger partial charge in [0, 0.05) is 25.2 Å². The lowest BCUT2D eigenvalue weighted by molar-refractivity contribution is 0.494. The highest BCUT2D eigenvalue weighted by Crippen LogP contribution is 2.17. The average Bonchev–Trinajstić information content (AvgIpc) is 2.86.